The Bertz CT molecular complexity index is 515. The monoisotopic (exact) mass is 236 g/mol. The maximum atomic E-state index is 10.6. The van der Waals surface area contributed by atoms with Crippen LogP contribution in [0.2, 0.25) is 0 Å². The van der Waals surface area contributed by atoms with Gasteiger partial charge in [0.2, 0.25) is 11.7 Å². The summed E-state index contributed by atoms with van der Waals surface area (Å²) in [6.45, 7) is 2.72. The van der Waals surface area contributed by atoms with Crippen molar-refractivity contribution in [2.75, 3.05) is 0 Å². The van der Waals surface area contributed by atoms with E-state index in [1.54, 1.807) is 12.3 Å². The fraction of sp³-hybridized carbons (Fsp3) is 0.273. The highest BCUT2D eigenvalue weighted by atomic mass is 16.4. The number of hydrogen-bond donors (Lipinski definition) is 2. The molecule has 90 valence electrons. The Morgan fingerprint density at radius 2 is 2.24 bits per heavy atom. The van der Waals surface area contributed by atoms with E-state index in [0.717, 1.165) is 5.76 Å². The van der Waals surface area contributed by atoms with Crippen molar-refractivity contribution in [2.45, 2.75) is 20.0 Å². The number of nitrogens with zero attached hydrogens (tertiary/aromatic N) is 1. The predicted octanol–water partition coefficient (Wildman–Crippen LogP) is 1.56. The minimum absolute atomic E-state index is 0.0613. The number of furan rings is 1. The molecule has 0 saturated carbocycles. The van der Waals surface area contributed by atoms with Crippen molar-refractivity contribution in [2.24, 2.45) is 0 Å². The smallest absolute Gasteiger partial charge is 0.371 e. The summed E-state index contributed by atoms with van der Waals surface area (Å²) in [4.78, 5) is 14.6. The first kappa shape index (κ1) is 11.4. The Kier molecular flexibility index (Phi) is 3.24. The summed E-state index contributed by atoms with van der Waals surface area (Å²) >= 11 is 0. The molecule has 0 aliphatic carbocycles. The normalized spacial score (nSPS) is 10.6. The quantitative estimate of drug-likeness (QED) is 0.819. The molecule has 2 aromatic rings. The summed E-state index contributed by atoms with van der Waals surface area (Å²) in [7, 11) is 0. The van der Waals surface area contributed by atoms with Gasteiger partial charge in [0, 0.05) is 0 Å². The summed E-state index contributed by atoms with van der Waals surface area (Å²) < 4.78 is 10.3. The summed E-state index contributed by atoms with van der Waals surface area (Å²) in [5.41, 5.74) is 0. The van der Waals surface area contributed by atoms with Gasteiger partial charge >= 0.3 is 5.97 Å². The van der Waals surface area contributed by atoms with Crippen molar-refractivity contribution in [3.8, 4) is 0 Å². The SMILES string of the molecule is Cc1cnc(CNCc2ccc(C(=O)O)o2)o1. The van der Waals surface area contributed by atoms with E-state index in [1.807, 2.05) is 6.92 Å². The lowest BCUT2D eigenvalue weighted by Gasteiger charge is -1.98. The number of rotatable bonds is 5. The fourth-order valence-corrected chi connectivity index (χ4v) is 1.36. The molecule has 2 heterocycles. The second kappa shape index (κ2) is 4.84. The molecule has 6 heteroatoms. The van der Waals surface area contributed by atoms with E-state index in [2.05, 4.69) is 10.3 Å². The average molecular weight is 236 g/mol. The summed E-state index contributed by atoms with van der Waals surface area (Å²) in [5, 5.41) is 11.7. The molecule has 0 unspecified atom stereocenters. The third-order valence-corrected chi connectivity index (χ3v) is 2.12. The number of aromatic nitrogens is 1. The maximum Gasteiger partial charge on any atom is 0.371 e. The first-order chi connectivity index (χ1) is 8.15. The Hall–Kier alpha value is -2.08. The zero-order valence-corrected chi connectivity index (χ0v) is 9.27. The predicted molar refractivity (Wildman–Crippen MR) is 57.5 cm³/mol. The van der Waals surface area contributed by atoms with Gasteiger partial charge in [0.05, 0.1) is 19.3 Å². The molecule has 0 amide bonds. The van der Waals surface area contributed by atoms with E-state index in [1.165, 1.54) is 6.07 Å². The van der Waals surface area contributed by atoms with Crippen LogP contribution in [0.1, 0.15) is 28.0 Å². The molecule has 0 fully saturated rings. The summed E-state index contributed by atoms with van der Waals surface area (Å²) in [6.07, 6.45) is 1.65. The number of carbonyl (C=O) groups is 1. The van der Waals surface area contributed by atoms with Gasteiger partial charge in [-0.15, -0.1) is 0 Å². The summed E-state index contributed by atoms with van der Waals surface area (Å²) in [6, 6.07) is 3.05. The molecule has 6 nitrogen and oxygen atoms in total. The minimum atomic E-state index is -1.07. The number of aryl methyl sites for hydroxylation is 1. The lowest BCUT2D eigenvalue weighted by molar-refractivity contribution is 0.0660. The second-order valence-electron chi connectivity index (χ2n) is 3.54. The van der Waals surface area contributed by atoms with Gasteiger partial charge in [-0.3, -0.25) is 0 Å². The van der Waals surface area contributed by atoms with E-state index < -0.39 is 5.97 Å². The molecular formula is C11H12N2O4. The number of hydrogen-bond acceptors (Lipinski definition) is 5. The Balaban J connectivity index is 1.83. The van der Waals surface area contributed by atoms with Crippen LogP contribution < -0.4 is 5.32 Å². The van der Waals surface area contributed by atoms with Crippen LogP contribution in [-0.4, -0.2) is 16.1 Å². The lowest BCUT2D eigenvalue weighted by Crippen LogP contribution is -2.12. The first-order valence-electron chi connectivity index (χ1n) is 5.09. The largest absolute Gasteiger partial charge is 0.475 e. The van der Waals surface area contributed by atoms with Crippen LogP contribution in [-0.2, 0) is 13.1 Å². The Morgan fingerprint density at radius 3 is 2.82 bits per heavy atom. The van der Waals surface area contributed by atoms with Gasteiger partial charge in [0.15, 0.2) is 0 Å². The van der Waals surface area contributed by atoms with E-state index in [-0.39, 0.29) is 5.76 Å². The molecule has 0 spiro atoms. The minimum Gasteiger partial charge on any atom is -0.475 e. The number of carboxylic acids is 1. The molecular weight excluding hydrogens is 224 g/mol. The molecule has 2 rings (SSSR count). The fourth-order valence-electron chi connectivity index (χ4n) is 1.36. The first-order valence-corrected chi connectivity index (χ1v) is 5.09. The van der Waals surface area contributed by atoms with Crippen LogP contribution >= 0.6 is 0 Å². The summed E-state index contributed by atoms with van der Waals surface area (Å²) in [5.74, 6) is 0.777. The second-order valence-corrected chi connectivity index (χ2v) is 3.54. The van der Waals surface area contributed by atoms with Crippen LogP contribution in [0, 0.1) is 6.92 Å². The third-order valence-electron chi connectivity index (χ3n) is 2.12. The van der Waals surface area contributed by atoms with Gasteiger partial charge < -0.3 is 19.3 Å². The molecule has 0 aliphatic rings. The van der Waals surface area contributed by atoms with Gasteiger partial charge in [0.25, 0.3) is 0 Å². The third kappa shape index (κ3) is 2.94. The van der Waals surface area contributed by atoms with E-state index in [4.69, 9.17) is 13.9 Å². The molecule has 0 aliphatic heterocycles. The number of aromatic carboxylic acids is 1. The Morgan fingerprint density at radius 1 is 1.41 bits per heavy atom. The number of carboxylic acid groups (broad SMARTS) is 1. The molecule has 2 N–H and O–H groups in total. The highest BCUT2D eigenvalue weighted by Crippen LogP contribution is 2.08. The van der Waals surface area contributed by atoms with Gasteiger partial charge in [-0.05, 0) is 19.1 Å². The van der Waals surface area contributed by atoms with Crippen molar-refractivity contribution in [3.63, 3.8) is 0 Å². The highest BCUT2D eigenvalue weighted by Gasteiger charge is 2.08. The van der Waals surface area contributed by atoms with Crippen molar-refractivity contribution in [3.05, 3.63) is 41.5 Å². The van der Waals surface area contributed by atoms with Crippen molar-refractivity contribution < 1.29 is 18.7 Å². The van der Waals surface area contributed by atoms with Gasteiger partial charge in [-0.25, -0.2) is 9.78 Å². The van der Waals surface area contributed by atoms with Gasteiger partial charge in [0.1, 0.15) is 11.5 Å². The maximum absolute atomic E-state index is 10.6. The number of oxazole rings is 1. The van der Waals surface area contributed by atoms with E-state index in [9.17, 15) is 4.79 Å². The topological polar surface area (TPSA) is 88.5 Å². The highest BCUT2D eigenvalue weighted by molar-refractivity contribution is 5.84. The molecule has 17 heavy (non-hydrogen) atoms. The van der Waals surface area contributed by atoms with Crippen LogP contribution in [0.25, 0.3) is 0 Å². The molecule has 0 radical (unpaired) electrons. The van der Waals surface area contributed by atoms with Crippen molar-refractivity contribution in [1.29, 1.82) is 0 Å². The average Bonchev–Trinajstić information content (AvgIpc) is 2.88. The van der Waals surface area contributed by atoms with Crippen molar-refractivity contribution >= 4 is 5.97 Å². The zero-order valence-electron chi connectivity index (χ0n) is 9.27. The lowest BCUT2D eigenvalue weighted by atomic mass is 10.4. The van der Waals surface area contributed by atoms with Crippen LogP contribution in [0.5, 0.6) is 0 Å². The number of nitrogens with one attached hydrogen (secondary N) is 1. The van der Waals surface area contributed by atoms with E-state index in [0.29, 0.717) is 24.7 Å². The van der Waals surface area contributed by atoms with Crippen LogP contribution in [0.4, 0.5) is 0 Å². The molecule has 0 bridgehead atoms. The van der Waals surface area contributed by atoms with Crippen molar-refractivity contribution in [1.82, 2.24) is 10.3 Å². The van der Waals surface area contributed by atoms with Crippen LogP contribution in [0.3, 0.4) is 0 Å². The van der Waals surface area contributed by atoms with Gasteiger partial charge in [-0.1, -0.05) is 0 Å². The molecule has 2 aromatic heterocycles. The Labute approximate surface area is 97.3 Å². The van der Waals surface area contributed by atoms with E-state index >= 15 is 0 Å². The molecule has 0 aromatic carbocycles. The molecule has 0 atom stereocenters. The zero-order chi connectivity index (χ0) is 12.3. The van der Waals surface area contributed by atoms with Gasteiger partial charge in [-0.2, -0.15) is 0 Å². The standard InChI is InChI=1S/C11H12N2O4/c1-7-4-13-10(16-7)6-12-5-8-2-3-9(17-8)11(14)15/h2-4,12H,5-6H2,1H3,(H,14,15). The molecule has 0 saturated heterocycles. The van der Waals surface area contributed by atoms with Crippen LogP contribution in [0.15, 0.2) is 27.2 Å².